The number of aromatic nitrogens is 1. The Morgan fingerprint density at radius 2 is 2.12 bits per heavy atom. The lowest BCUT2D eigenvalue weighted by molar-refractivity contribution is -0.151. The highest BCUT2D eigenvalue weighted by Crippen LogP contribution is 2.48. The number of aliphatic hydroxyl groups is 1. The zero-order valence-corrected chi connectivity index (χ0v) is 14.7. The Bertz CT molecular complexity index is 570. The molecule has 1 amide bonds. The van der Waals surface area contributed by atoms with Crippen LogP contribution in [-0.2, 0) is 4.79 Å². The third-order valence-electron chi connectivity index (χ3n) is 5.85. The van der Waals surface area contributed by atoms with Crippen molar-refractivity contribution >= 4 is 5.91 Å². The lowest BCUT2D eigenvalue weighted by Crippen LogP contribution is -2.60. The Morgan fingerprint density at radius 3 is 2.71 bits per heavy atom. The molecule has 1 saturated carbocycles. The highest BCUT2D eigenvalue weighted by atomic mass is 16.5. The lowest BCUT2D eigenvalue weighted by Gasteiger charge is -2.54. The van der Waals surface area contributed by atoms with Crippen molar-refractivity contribution in [2.75, 3.05) is 26.8 Å². The average molecular weight is 332 g/mol. The molecule has 3 rings (SSSR count). The van der Waals surface area contributed by atoms with E-state index in [0.717, 1.165) is 44.5 Å². The summed E-state index contributed by atoms with van der Waals surface area (Å²) in [5, 5.41) is 9.31. The van der Waals surface area contributed by atoms with Crippen molar-refractivity contribution in [1.82, 2.24) is 9.88 Å². The maximum absolute atomic E-state index is 12.3. The molecule has 5 nitrogen and oxygen atoms in total. The molecule has 2 aliphatic rings. The van der Waals surface area contributed by atoms with Gasteiger partial charge in [-0.1, -0.05) is 13.0 Å². The van der Waals surface area contributed by atoms with E-state index in [1.807, 2.05) is 24.0 Å². The summed E-state index contributed by atoms with van der Waals surface area (Å²) < 4.78 is 5.23. The minimum Gasteiger partial charge on any atom is -0.481 e. The Labute approximate surface area is 144 Å². The third-order valence-corrected chi connectivity index (χ3v) is 5.85. The van der Waals surface area contributed by atoms with E-state index in [-0.39, 0.29) is 18.4 Å². The van der Waals surface area contributed by atoms with Crippen LogP contribution in [0.25, 0.3) is 0 Å². The van der Waals surface area contributed by atoms with E-state index >= 15 is 0 Å². The van der Waals surface area contributed by atoms with E-state index in [2.05, 4.69) is 11.1 Å². The number of ether oxygens (including phenoxy) is 1. The van der Waals surface area contributed by atoms with Gasteiger partial charge in [0.25, 0.3) is 0 Å². The van der Waals surface area contributed by atoms with Crippen molar-refractivity contribution in [1.29, 1.82) is 0 Å². The fourth-order valence-electron chi connectivity index (χ4n) is 4.17. The van der Waals surface area contributed by atoms with E-state index in [0.29, 0.717) is 23.6 Å². The standard InChI is InChI=1S/C19H28N2O3/c1-3-14(11-22)18(23)21-12-19(13-21)9-7-15(8-10-19)16-5-4-6-17(20-16)24-2/h4-6,14-15,22H,3,7-13H2,1-2H3/t14-/m1/s1. The first kappa shape index (κ1) is 17.2. The number of hydrogen-bond acceptors (Lipinski definition) is 4. The molecule has 24 heavy (non-hydrogen) atoms. The number of carbonyl (C=O) groups is 1. The molecule has 1 N–H and O–H groups in total. The van der Waals surface area contributed by atoms with Gasteiger partial charge in [0.05, 0.1) is 19.6 Å². The maximum Gasteiger partial charge on any atom is 0.228 e. The summed E-state index contributed by atoms with van der Waals surface area (Å²) in [5.41, 5.74) is 1.43. The third kappa shape index (κ3) is 3.27. The largest absolute Gasteiger partial charge is 0.481 e. The molecule has 132 valence electrons. The Hall–Kier alpha value is -1.62. The average Bonchev–Trinajstić information content (AvgIpc) is 2.60. The molecular weight excluding hydrogens is 304 g/mol. The molecule has 2 fully saturated rings. The van der Waals surface area contributed by atoms with Gasteiger partial charge in [-0.3, -0.25) is 4.79 Å². The van der Waals surface area contributed by atoms with Crippen LogP contribution in [0.3, 0.4) is 0 Å². The molecule has 0 aromatic carbocycles. The fraction of sp³-hybridized carbons (Fsp3) is 0.684. The molecular formula is C19H28N2O3. The number of rotatable bonds is 5. The molecule has 1 aliphatic carbocycles. The van der Waals surface area contributed by atoms with E-state index in [1.54, 1.807) is 7.11 Å². The smallest absolute Gasteiger partial charge is 0.228 e. The van der Waals surface area contributed by atoms with Gasteiger partial charge in [0.2, 0.25) is 11.8 Å². The van der Waals surface area contributed by atoms with E-state index in [9.17, 15) is 9.90 Å². The van der Waals surface area contributed by atoms with Crippen molar-refractivity contribution in [2.24, 2.45) is 11.3 Å². The summed E-state index contributed by atoms with van der Waals surface area (Å²) in [6.07, 6.45) is 5.26. The quantitative estimate of drug-likeness (QED) is 0.900. The van der Waals surface area contributed by atoms with Crippen LogP contribution in [0.2, 0.25) is 0 Å². The van der Waals surface area contributed by atoms with Gasteiger partial charge in [0, 0.05) is 36.2 Å². The van der Waals surface area contributed by atoms with Gasteiger partial charge in [-0.25, -0.2) is 4.98 Å². The summed E-state index contributed by atoms with van der Waals surface area (Å²) in [6.45, 7) is 3.64. The minimum absolute atomic E-state index is 0.0393. The van der Waals surface area contributed by atoms with Crippen LogP contribution in [0, 0.1) is 11.3 Å². The molecule has 0 bridgehead atoms. The second-order valence-corrected chi connectivity index (χ2v) is 7.36. The first-order valence-electron chi connectivity index (χ1n) is 9.01. The van der Waals surface area contributed by atoms with Gasteiger partial charge in [-0.05, 0) is 38.2 Å². The topological polar surface area (TPSA) is 62.7 Å². The predicted molar refractivity (Wildman–Crippen MR) is 91.9 cm³/mol. The van der Waals surface area contributed by atoms with E-state index < -0.39 is 0 Å². The van der Waals surface area contributed by atoms with Crippen LogP contribution in [0.5, 0.6) is 5.88 Å². The van der Waals surface area contributed by atoms with Crippen LogP contribution in [0.1, 0.15) is 50.6 Å². The molecule has 1 atom stereocenters. The maximum atomic E-state index is 12.3. The molecule has 0 unspecified atom stereocenters. The molecule has 1 spiro atoms. The summed E-state index contributed by atoms with van der Waals surface area (Å²) in [6, 6.07) is 5.98. The second-order valence-electron chi connectivity index (χ2n) is 7.36. The monoisotopic (exact) mass is 332 g/mol. The van der Waals surface area contributed by atoms with Gasteiger partial charge in [-0.15, -0.1) is 0 Å². The highest BCUT2D eigenvalue weighted by molar-refractivity contribution is 5.80. The predicted octanol–water partition coefficient (Wildman–Crippen LogP) is 2.59. The van der Waals surface area contributed by atoms with Gasteiger partial charge >= 0.3 is 0 Å². The SMILES string of the molecule is CC[C@H](CO)C(=O)N1CC2(CCC(c3cccc(OC)n3)CC2)C1. The second kappa shape index (κ2) is 7.09. The molecule has 1 aliphatic heterocycles. The van der Waals surface area contributed by atoms with Crippen molar-refractivity contribution < 1.29 is 14.6 Å². The van der Waals surface area contributed by atoms with Crippen molar-refractivity contribution in [3.63, 3.8) is 0 Å². The number of pyridine rings is 1. The first-order chi connectivity index (χ1) is 11.6. The number of methoxy groups -OCH3 is 1. The van der Waals surface area contributed by atoms with E-state index in [4.69, 9.17) is 4.74 Å². The fourth-order valence-corrected chi connectivity index (χ4v) is 4.17. The van der Waals surface area contributed by atoms with Gasteiger partial charge < -0.3 is 14.7 Å². The van der Waals surface area contributed by atoms with Crippen LogP contribution >= 0.6 is 0 Å². The minimum atomic E-state index is -0.223. The summed E-state index contributed by atoms with van der Waals surface area (Å²) in [7, 11) is 1.65. The summed E-state index contributed by atoms with van der Waals surface area (Å²) >= 11 is 0. The first-order valence-corrected chi connectivity index (χ1v) is 9.01. The number of carbonyl (C=O) groups excluding carboxylic acids is 1. The van der Waals surface area contributed by atoms with Crippen LogP contribution in [-0.4, -0.2) is 47.7 Å². The molecule has 1 saturated heterocycles. The molecule has 1 aromatic heterocycles. The molecule has 5 heteroatoms. The molecule has 0 radical (unpaired) electrons. The number of likely N-dealkylation sites (tertiary alicyclic amines) is 1. The van der Waals surface area contributed by atoms with Crippen molar-refractivity contribution in [2.45, 2.75) is 44.9 Å². The van der Waals surface area contributed by atoms with Gasteiger partial charge in [-0.2, -0.15) is 0 Å². The normalized spacial score (nSPS) is 21.4. The number of amides is 1. The summed E-state index contributed by atoms with van der Waals surface area (Å²) in [4.78, 5) is 18.8. The highest BCUT2D eigenvalue weighted by Gasteiger charge is 2.47. The molecule has 2 heterocycles. The zero-order valence-electron chi connectivity index (χ0n) is 14.7. The van der Waals surface area contributed by atoms with Crippen molar-refractivity contribution in [3.8, 4) is 5.88 Å². The van der Waals surface area contributed by atoms with Crippen LogP contribution < -0.4 is 4.74 Å². The van der Waals surface area contributed by atoms with Crippen LogP contribution in [0.4, 0.5) is 0 Å². The number of hydrogen-bond donors (Lipinski definition) is 1. The molecule has 1 aromatic rings. The Morgan fingerprint density at radius 1 is 1.42 bits per heavy atom. The lowest BCUT2D eigenvalue weighted by atomic mass is 9.65. The number of aliphatic hydroxyl groups excluding tert-OH is 1. The van der Waals surface area contributed by atoms with Gasteiger partial charge in [0.1, 0.15) is 0 Å². The number of nitrogens with zero attached hydrogens (tertiary/aromatic N) is 2. The Kier molecular flexibility index (Phi) is 5.09. The van der Waals surface area contributed by atoms with Crippen LogP contribution in [0.15, 0.2) is 18.2 Å². The Balaban J connectivity index is 1.54. The summed E-state index contributed by atoms with van der Waals surface area (Å²) in [5.74, 6) is 1.08. The van der Waals surface area contributed by atoms with Crippen molar-refractivity contribution in [3.05, 3.63) is 23.9 Å². The zero-order chi connectivity index (χ0) is 17.2. The van der Waals surface area contributed by atoms with E-state index in [1.165, 1.54) is 0 Å². The van der Waals surface area contributed by atoms with Gasteiger partial charge in [0.15, 0.2) is 0 Å².